The van der Waals surface area contributed by atoms with Crippen molar-refractivity contribution in [3.63, 3.8) is 0 Å². The number of carboxylic acids is 1. The van der Waals surface area contributed by atoms with Crippen LogP contribution in [0.2, 0.25) is 0 Å². The summed E-state index contributed by atoms with van der Waals surface area (Å²) in [4.78, 5) is 24.5. The second kappa shape index (κ2) is 7.79. The molecule has 0 spiro atoms. The van der Waals surface area contributed by atoms with Gasteiger partial charge in [-0.15, -0.1) is 0 Å². The summed E-state index contributed by atoms with van der Waals surface area (Å²) in [5, 5.41) is 18.0. The van der Waals surface area contributed by atoms with Gasteiger partial charge in [-0.1, -0.05) is 60.7 Å². The number of benzene rings is 2. The molecule has 23 heavy (non-hydrogen) atoms. The topological polar surface area (TPSA) is 77.8 Å². The van der Waals surface area contributed by atoms with E-state index in [2.05, 4.69) is 0 Å². The fourth-order valence-electron chi connectivity index (χ4n) is 2.09. The van der Waals surface area contributed by atoms with Crippen LogP contribution in [0.25, 0.3) is 0 Å². The normalized spacial score (nSPS) is 11.0. The third-order valence-corrected chi connectivity index (χ3v) is 3.22. The van der Waals surface area contributed by atoms with Crippen LogP contribution in [0.4, 0.5) is 0 Å². The third kappa shape index (κ3) is 5.00. The summed E-state index contributed by atoms with van der Waals surface area (Å²) < 4.78 is 0. The Balaban J connectivity index is 2.22. The second-order valence-corrected chi connectivity index (χ2v) is 5.00. The van der Waals surface area contributed by atoms with Crippen LogP contribution in [0.15, 0.2) is 72.5 Å². The van der Waals surface area contributed by atoms with Crippen LogP contribution in [0.5, 0.6) is 0 Å². The maximum Gasteiger partial charge on any atom is 0.371 e. The average Bonchev–Trinajstić information content (AvgIpc) is 2.56. The molecule has 0 atom stereocenters. The lowest BCUT2D eigenvalue weighted by molar-refractivity contribution is -0.136. The zero-order valence-electron chi connectivity index (χ0n) is 12.4. The molecule has 0 aliphatic heterocycles. The van der Waals surface area contributed by atoms with Gasteiger partial charge in [0.15, 0.2) is 0 Å². The highest BCUT2D eigenvalue weighted by molar-refractivity contribution is 5.96. The first-order chi connectivity index (χ1) is 11.1. The standard InChI is InChI=1S/C18H17NO4/c20-16(18(22)23)11-17(21)19(12-14-7-3-1-4-8-14)13-15-9-5-2-6-10-15/h1-11,20H,12-13H2,(H,22,23). The minimum absolute atomic E-state index is 0.317. The zero-order valence-corrected chi connectivity index (χ0v) is 12.4. The van der Waals surface area contributed by atoms with Gasteiger partial charge in [-0.2, -0.15) is 0 Å². The highest BCUT2D eigenvalue weighted by Gasteiger charge is 2.15. The number of carbonyl (C=O) groups is 2. The molecular formula is C18H17NO4. The average molecular weight is 311 g/mol. The molecule has 5 heteroatoms. The van der Waals surface area contributed by atoms with E-state index in [1.54, 1.807) is 0 Å². The molecule has 2 aromatic carbocycles. The molecule has 0 aromatic heterocycles. The minimum Gasteiger partial charge on any atom is -0.502 e. The number of amides is 1. The molecule has 118 valence electrons. The van der Waals surface area contributed by atoms with Crippen LogP contribution >= 0.6 is 0 Å². The van der Waals surface area contributed by atoms with E-state index < -0.39 is 17.6 Å². The monoisotopic (exact) mass is 311 g/mol. The van der Waals surface area contributed by atoms with E-state index in [1.165, 1.54) is 4.90 Å². The third-order valence-electron chi connectivity index (χ3n) is 3.22. The van der Waals surface area contributed by atoms with Gasteiger partial charge in [0.25, 0.3) is 5.91 Å². The first-order valence-corrected chi connectivity index (χ1v) is 7.07. The van der Waals surface area contributed by atoms with Crippen molar-refractivity contribution >= 4 is 11.9 Å². The number of hydrogen-bond donors (Lipinski definition) is 2. The summed E-state index contributed by atoms with van der Waals surface area (Å²) in [5.74, 6) is -3.06. The van der Waals surface area contributed by atoms with Crippen molar-refractivity contribution in [2.24, 2.45) is 0 Å². The Kier molecular flexibility index (Phi) is 5.52. The molecule has 0 saturated carbocycles. The molecule has 2 rings (SSSR count). The number of carboxylic acid groups (broad SMARTS) is 1. The predicted molar refractivity (Wildman–Crippen MR) is 85.5 cm³/mol. The highest BCUT2D eigenvalue weighted by atomic mass is 16.4. The van der Waals surface area contributed by atoms with Crippen LogP contribution in [0, 0.1) is 0 Å². The van der Waals surface area contributed by atoms with E-state index in [1.807, 2.05) is 60.7 Å². The Morgan fingerprint density at radius 2 is 1.26 bits per heavy atom. The number of aliphatic carboxylic acids is 1. The van der Waals surface area contributed by atoms with Crippen molar-refractivity contribution in [3.8, 4) is 0 Å². The van der Waals surface area contributed by atoms with E-state index in [-0.39, 0.29) is 0 Å². The van der Waals surface area contributed by atoms with Crippen molar-refractivity contribution in [3.05, 3.63) is 83.6 Å². The molecule has 0 aliphatic carbocycles. The number of rotatable bonds is 6. The smallest absolute Gasteiger partial charge is 0.371 e. The molecule has 2 aromatic rings. The zero-order chi connectivity index (χ0) is 16.7. The van der Waals surface area contributed by atoms with Crippen molar-refractivity contribution in [1.82, 2.24) is 4.90 Å². The van der Waals surface area contributed by atoms with E-state index in [0.717, 1.165) is 17.2 Å². The Morgan fingerprint density at radius 1 is 0.826 bits per heavy atom. The summed E-state index contributed by atoms with van der Waals surface area (Å²) in [5.41, 5.74) is 1.83. The summed E-state index contributed by atoms with van der Waals surface area (Å²) in [7, 11) is 0. The van der Waals surface area contributed by atoms with Crippen LogP contribution in [-0.2, 0) is 22.7 Å². The Bertz CT molecular complexity index is 654. The molecule has 0 heterocycles. The van der Waals surface area contributed by atoms with Crippen LogP contribution < -0.4 is 0 Å². The van der Waals surface area contributed by atoms with Gasteiger partial charge in [0.05, 0.1) is 6.08 Å². The number of carbonyl (C=O) groups excluding carboxylic acids is 1. The van der Waals surface area contributed by atoms with Gasteiger partial charge in [-0.05, 0) is 11.1 Å². The van der Waals surface area contributed by atoms with E-state index in [0.29, 0.717) is 13.1 Å². The first kappa shape index (κ1) is 16.3. The van der Waals surface area contributed by atoms with Crippen molar-refractivity contribution in [2.75, 3.05) is 0 Å². The molecule has 2 N–H and O–H groups in total. The minimum atomic E-state index is -1.53. The summed E-state index contributed by atoms with van der Waals surface area (Å²) >= 11 is 0. The molecule has 0 fully saturated rings. The molecule has 0 unspecified atom stereocenters. The summed E-state index contributed by atoms with van der Waals surface area (Å²) in [6.45, 7) is 0.635. The van der Waals surface area contributed by atoms with Crippen LogP contribution in [0.3, 0.4) is 0 Å². The predicted octanol–water partition coefficient (Wildman–Crippen LogP) is 2.74. The number of aliphatic hydroxyl groups is 1. The van der Waals surface area contributed by atoms with Gasteiger partial charge in [0.1, 0.15) is 0 Å². The summed E-state index contributed by atoms with van der Waals surface area (Å²) in [6, 6.07) is 18.7. The fraction of sp³-hybridized carbons (Fsp3) is 0.111. The Hall–Kier alpha value is -3.08. The van der Waals surface area contributed by atoms with Gasteiger partial charge in [-0.3, -0.25) is 4.79 Å². The van der Waals surface area contributed by atoms with Crippen molar-refractivity contribution in [1.29, 1.82) is 0 Å². The van der Waals surface area contributed by atoms with Gasteiger partial charge in [0.2, 0.25) is 5.76 Å². The molecule has 0 radical (unpaired) electrons. The number of nitrogens with zero attached hydrogens (tertiary/aromatic N) is 1. The van der Waals surface area contributed by atoms with Crippen molar-refractivity contribution in [2.45, 2.75) is 13.1 Å². The molecule has 0 saturated heterocycles. The van der Waals surface area contributed by atoms with E-state index in [9.17, 15) is 14.7 Å². The lowest BCUT2D eigenvalue weighted by Gasteiger charge is -2.21. The largest absolute Gasteiger partial charge is 0.502 e. The number of hydrogen-bond acceptors (Lipinski definition) is 3. The SMILES string of the molecule is O=C(O)C(O)=CC(=O)N(Cc1ccccc1)Cc1ccccc1. The van der Waals surface area contributed by atoms with Gasteiger partial charge < -0.3 is 15.1 Å². The van der Waals surface area contributed by atoms with Crippen LogP contribution in [-0.4, -0.2) is 27.0 Å². The quantitative estimate of drug-likeness (QED) is 0.635. The first-order valence-electron chi connectivity index (χ1n) is 7.07. The molecule has 0 aliphatic rings. The molecule has 0 bridgehead atoms. The lowest BCUT2D eigenvalue weighted by atomic mass is 10.1. The van der Waals surface area contributed by atoms with E-state index in [4.69, 9.17) is 5.11 Å². The van der Waals surface area contributed by atoms with Gasteiger partial charge >= 0.3 is 5.97 Å². The summed E-state index contributed by atoms with van der Waals surface area (Å²) in [6.07, 6.45) is 0.730. The molecule has 1 amide bonds. The van der Waals surface area contributed by atoms with Crippen molar-refractivity contribution < 1.29 is 19.8 Å². The van der Waals surface area contributed by atoms with E-state index >= 15 is 0 Å². The maximum atomic E-state index is 12.3. The maximum absolute atomic E-state index is 12.3. The highest BCUT2D eigenvalue weighted by Crippen LogP contribution is 2.11. The Labute approximate surface area is 134 Å². The Morgan fingerprint density at radius 3 is 1.65 bits per heavy atom. The van der Waals surface area contributed by atoms with Gasteiger partial charge in [0, 0.05) is 13.1 Å². The van der Waals surface area contributed by atoms with Gasteiger partial charge in [-0.25, -0.2) is 4.79 Å². The molecular weight excluding hydrogens is 294 g/mol. The second-order valence-electron chi connectivity index (χ2n) is 5.00. The lowest BCUT2D eigenvalue weighted by Crippen LogP contribution is -2.29. The number of aliphatic hydroxyl groups excluding tert-OH is 1. The fourth-order valence-corrected chi connectivity index (χ4v) is 2.09. The van der Waals surface area contributed by atoms with Crippen LogP contribution in [0.1, 0.15) is 11.1 Å². The molecule has 5 nitrogen and oxygen atoms in total.